The van der Waals surface area contributed by atoms with Crippen molar-refractivity contribution < 1.29 is 13.9 Å². The molecule has 1 fully saturated rings. The van der Waals surface area contributed by atoms with Crippen LogP contribution in [0.25, 0.3) is 10.9 Å². The number of carbonyl (C=O) groups is 1. The van der Waals surface area contributed by atoms with E-state index in [1.165, 1.54) is 17.8 Å². The van der Waals surface area contributed by atoms with Crippen molar-refractivity contribution in [1.29, 1.82) is 0 Å². The van der Waals surface area contributed by atoms with Crippen LogP contribution >= 0.6 is 11.8 Å². The molecule has 32 heavy (non-hydrogen) atoms. The molecule has 168 valence electrons. The molecule has 6 nitrogen and oxygen atoms in total. The summed E-state index contributed by atoms with van der Waals surface area (Å²) in [7, 11) is 0. The van der Waals surface area contributed by atoms with E-state index in [0.717, 1.165) is 19.3 Å². The van der Waals surface area contributed by atoms with E-state index in [1.807, 2.05) is 6.92 Å². The van der Waals surface area contributed by atoms with Gasteiger partial charge in [0.15, 0.2) is 5.16 Å². The van der Waals surface area contributed by atoms with E-state index in [-0.39, 0.29) is 23.4 Å². The molecule has 2 aromatic carbocycles. The zero-order valence-corrected chi connectivity index (χ0v) is 18.8. The lowest BCUT2D eigenvalue weighted by Gasteiger charge is -2.17. The molecule has 0 unspecified atom stereocenters. The van der Waals surface area contributed by atoms with Crippen LogP contribution in [0.2, 0.25) is 0 Å². The molecular weight excluding hydrogens is 429 g/mol. The van der Waals surface area contributed by atoms with Crippen molar-refractivity contribution in [3.63, 3.8) is 0 Å². The Morgan fingerprint density at radius 2 is 2.16 bits per heavy atom. The Kier molecular flexibility index (Phi) is 7.22. The second kappa shape index (κ2) is 10.3. The summed E-state index contributed by atoms with van der Waals surface area (Å²) >= 11 is 1.31. The number of halogens is 1. The lowest BCUT2D eigenvalue weighted by Crippen LogP contribution is -2.29. The average Bonchev–Trinajstić information content (AvgIpc) is 3.32. The molecule has 0 bridgehead atoms. The van der Waals surface area contributed by atoms with Gasteiger partial charge in [-0.3, -0.25) is 14.2 Å². The number of fused-ring (bicyclic) bond motifs is 1. The number of hydrogen-bond donors (Lipinski definition) is 1. The van der Waals surface area contributed by atoms with Crippen molar-refractivity contribution in [1.82, 2.24) is 14.9 Å². The summed E-state index contributed by atoms with van der Waals surface area (Å²) in [4.78, 5) is 30.4. The fourth-order valence-corrected chi connectivity index (χ4v) is 4.70. The van der Waals surface area contributed by atoms with Crippen LogP contribution in [0.15, 0.2) is 52.4 Å². The van der Waals surface area contributed by atoms with Crippen LogP contribution in [0, 0.1) is 5.82 Å². The molecule has 0 radical (unpaired) electrons. The first-order valence-electron chi connectivity index (χ1n) is 10.9. The summed E-state index contributed by atoms with van der Waals surface area (Å²) in [5.74, 6) is -0.143. The Balaban J connectivity index is 1.71. The maximum atomic E-state index is 14.1. The normalized spacial score (nSPS) is 15.9. The highest BCUT2D eigenvalue weighted by atomic mass is 32.2. The third-order valence-corrected chi connectivity index (χ3v) is 6.47. The van der Waals surface area contributed by atoms with Crippen molar-refractivity contribution in [2.45, 2.75) is 49.7 Å². The van der Waals surface area contributed by atoms with Gasteiger partial charge in [0.05, 0.1) is 23.6 Å². The third kappa shape index (κ3) is 5.02. The van der Waals surface area contributed by atoms with Crippen molar-refractivity contribution in [2.75, 3.05) is 13.2 Å². The molecule has 4 rings (SSSR count). The fraction of sp³-hybridized carbons (Fsp3) is 0.375. The summed E-state index contributed by atoms with van der Waals surface area (Å²) in [5, 5.41) is 3.78. The van der Waals surface area contributed by atoms with Gasteiger partial charge >= 0.3 is 0 Å². The molecule has 3 aromatic rings. The molecule has 1 aliphatic rings. The zero-order chi connectivity index (χ0) is 22.5. The Hall–Kier alpha value is -2.71. The van der Waals surface area contributed by atoms with Gasteiger partial charge in [0.25, 0.3) is 11.5 Å². The molecule has 1 aromatic heterocycles. The summed E-state index contributed by atoms with van der Waals surface area (Å²) in [5.41, 5.74) is 1.28. The molecule has 0 spiro atoms. The molecule has 0 aliphatic carbocycles. The number of aromatic nitrogens is 2. The van der Waals surface area contributed by atoms with Crippen LogP contribution < -0.4 is 10.9 Å². The van der Waals surface area contributed by atoms with Gasteiger partial charge in [0.2, 0.25) is 0 Å². The number of benzene rings is 2. The molecule has 1 atom stereocenters. The van der Waals surface area contributed by atoms with Gasteiger partial charge in [0.1, 0.15) is 5.82 Å². The van der Waals surface area contributed by atoms with Gasteiger partial charge in [0, 0.05) is 24.5 Å². The number of rotatable bonds is 8. The number of hydrogen-bond acceptors (Lipinski definition) is 5. The van der Waals surface area contributed by atoms with Gasteiger partial charge in [-0.1, -0.05) is 36.9 Å². The van der Waals surface area contributed by atoms with Crippen molar-refractivity contribution >= 4 is 28.6 Å². The molecule has 2 heterocycles. The van der Waals surface area contributed by atoms with Crippen LogP contribution in [0.3, 0.4) is 0 Å². The number of nitrogens with zero attached hydrogens (tertiary/aromatic N) is 2. The van der Waals surface area contributed by atoms with Crippen molar-refractivity contribution in [2.24, 2.45) is 0 Å². The minimum atomic E-state index is -0.288. The summed E-state index contributed by atoms with van der Waals surface area (Å²) in [6.45, 7) is 3.66. The third-order valence-electron chi connectivity index (χ3n) is 5.44. The first kappa shape index (κ1) is 22.5. The van der Waals surface area contributed by atoms with Crippen LogP contribution in [0.4, 0.5) is 4.39 Å². The van der Waals surface area contributed by atoms with Crippen molar-refractivity contribution in [3.05, 3.63) is 69.8 Å². The van der Waals surface area contributed by atoms with Crippen LogP contribution in [0.1, 0.15) is 42.1 Å². The van der Waals surface area contributed by atoms with Crippen LogP contribution in [-0.4, -0.2) is 34.7 Å². The first-order valence-corrected chi connectivity index (χ1v) is 11.9. The smallest absolute Gasteiger partial charge is 0.262 e. The van der Waals surface area contributed by atoms with Gasteiger partial charge in [-0.2, -0.15) is 0 Å². The van der Waals surface area contributed by atoms with Gasteiger partial charge < -0.3 is 10.1 Å². The number of thioether (sulfide) groups is 1. The Labute approximate surface area is 190 Å². The molecule has 1 aliphatic heterocycles. The lowest BCUT2D eigenvalue weighted by atomic mass is 10.1. The second-order valence-electron chi connectivity index (χ2n) is 7.81. The van der Waals surface area contributed by atoms with Gasteiger partial charge in [-0.05, 0) is 49.1 Å². The number of ether oxygens (including phenoxy) is 1. The highest BCUT2D eigenvalue weighted by Gasteiger charge is 2.21. The minimum Gasteiger partial charge on any atom is -0.376 e. The van der Waals surface area contributed by atoms with E-state index in [2.05, 4.69) is 5.32 Å². The Bertz CT molecular complexity index is 1170. The lowest BCUT2D eigenvalue weighted by molar-refractivity contribution is 0.0937. The van der Waals surface area contributed by atoms with E-state index >= 15 is 0 Å². The van der Waals surface area contributed by atoms with Gasteiger partial charge in [-0.15, -0.1) is 0 Å². The fourth-order valence-electron chi connectivity index (χ4n) is 3.70. The molecule has 1 amide bonds. The quantitative estimate of drug-likeness (QED) is 0.408. The number of amides is 1. The monoisotopic (exact) mass is 455 g/mol. The summed E-state index contributed by atoms with van der Waals surface area (Å²) in [6, 6.07) is 11.5. The SMILES string of the molecule is CCCNC(=O)c1ccc2c(=O)n(C[C@H]3CCCO3)c(SCc3ccccc3F)nc2c1. The van der Waals surface area contributed by atoms with Crippen LogP contribution in [-0.2, 0) is 17.0 Å². The molecule has 8 heteroatoms. The Morgan fingerprint density at radius 3 is 2.91 bits per heavy atom. The predicted molar refractivity (Wildman–Crippen MR) is 124 cm³/mol. The topological polar surface area (TPSA) is 73.2 Å². The Morgan fingerprint density at radius 1 is 1.31 bits per heavy atom. The highest BCUT2D eigenvalue weighted by Crippen LogP contribution is 2.25. The summed E-state index contributed by atoms with van der Waals surface area (Å²) in [6.07, 6.45) is 2.65. The van der Waals surface area contributed by atoms with E-state index in [1.54, 1.807) is 41.0 Å². The van der Waals surface area contributed by atoms with Crippen molar-refractivity contribution in [3.8, 4) is 0 Å². The molecule has 1 N–H and O–H groups in total. The average molecular weight is 456 g/mol. The first-order chi connectivity index (χ1) is 15.6. The number of nitrogens with one attached hydrogen (secondary N) is 1. The molecule has 0 saturated carbocycles. The highest BCUT2D eigenvalue weighted by molar-refractivity contribution is 7.98. The predicted octanol–water partition coefficient (Wildman–Crippen LogP) is 4.15. The van der Waals surface area contributed by atoms with E-state index < -0.39 is 0 Å². The van der Waals surface area contributed by atoms with Gasteiger partial charge in [-0.25, -0.2) is 9.37 Å². The maximum Gasteiger partial charge on any atom is 0.262 e. The standard InChI is InChI=1S/C24H26FN3O3S/c1-2-11-26-22(29)16-9-10-19-21(13-16)27-24(32-15-17-6-3-4-8-20(17)25)28(23(19)30)14-18-7-5-12-31-18/h3-4,6,8-10,13,18H,2,5,7,11-12,14-15H2,1H3,(H,26,29)/t18-/m1/s1. The second-order valence-corrected chi connectivity index (χ2v) is 8.76. The molecular formula is C24H26FN3O3S. The van der Waals surface area contributed by atoms with Crippen LogP contribution in [0.5, 0.6) is 0 Å². The minimum absolute atomic E-state index is 0.0427. The maximum absolute atomic E-state index is 14.1. The number of carbonyl (C=O) groups excluding carboxylic acids is 1. The molecule has 1 saturated heterocycles. The van der Waals surface area contributed by atoms with E-state index in [9.17, 15) is 14.0 Å². The largest absolute Gasteiger partial charge is 0.376 e. The zero-order valence-electron chi connectivity index (χ0n) is 18.0. The van der Waals surface area contributed by atoms with E-state index in [0.29, 0.717) is 52.6 Å². The van der Waals surface area contributed by atoms with E-state index in [4.69, 9.17) is 9.72 Å². The summed E-state index contributed by atoms with van der Waals surface area (Å²) < 4.78 is 21.5.